The normalized spacial score (nSPS) is 35.8. The Labute approximate surface area is 115 Å². The lowest BCUT2D eigenvalue weighted by atomic mass is 9.87. The van der Waals surface area contributed by atoms with Gasteiger partial charge in [-0.2, -0.15) is 0 Å². The molecule has 1 amide bonds. The lowest BCUT2D eigenvalue weighted by molar-refractivity contribution is -0.142. The first-order valence-corrected chi connectivity index (χ1v) is 6.92. The number of hydrogen-bond acceptors (Lipinski definition) is 3. The summed E-state index contributed by atoms with van der Waals surface area (Å²) in [4.78, 5) is 14.5. The standard InChI is InChI=1S/C13H22N2O2.ClH/c16-13(11-2-1-5-17-9-11)15-4-3-10-6-14-7-12(10)8-15;/h10-12,14H,1-9H2;1H. The molecule has 5 heteroatoms. The molecule has 3 aliphatic rings. The molecule has 18 heavy (non-hydrogen) atoms. The third kappa shape index (κ3) is 2.81. The van der Waals surface area contributed by atoms with Crippen molar-refractivity contribution in [2.45, 2.75) is 19.3 Å². The summed E-state index contributed by atoms with van der Waals surface area (Å²) in [5.41, 5.74) is 0. The molecule has 0 aromatic carbocycles. The number of carbonyl (C=O) groups excluding carboxylic acids is 1. The lowest BCUT2D eigenvalue weighted by Crippen LogP contribution is -2.47. The van der Waals surface area contributed by atoms with E-state index in [9.17, 15) is 4.79 Å². The zero-order valence-corrected chi connectivity index (χ0v) is 11.6. The third-order valence-electron chi connectivity index (χ3n) is 4.53. The molecular formula is C13H23ClN2O2. The number of piperidine rings is 1. The summed E-state index contributed by atoms with van der Waals surface area (Å²) >= 11 is 0. The molecule has 1 N–H and O–H groups in total. The summed E-state index contributed by atoms with van der Waals surface area (Å²) < 4.78 is 5.42. The number of nitrogens with zero attached hydrogens (tertiary/aromatic N) is 1. The zero-order valence-electron chi connectivity index (χ0n) is 10.8. The molecule has 0 aromatic rings. The Morgan fingerprint density at radius 2 is 2.06 bits per heavy atom. The van der Waals surface area contributed by atoms with Gasteiger partial charge < -0.3 is 15.0 Å². The average molecular weight is 275 g/mol. The highest BCUT2D eigenvalue weighted by Gasteiger charge is 2.36. The van der Waals surface area contributed by atoms with Crippen molar-refractivity contribution in [2.24, 2.45) is 17.8 Å². The molecule has 3 aliphatic heterocycles. The van der Waals surface area contributed by atoms with E-state index in [-0.39, 0.29) is 18.3 Å². The van der Waals surface area contributed by atoms with E-state index >= 15 is 0 Å². The fourth-order valence-corrected chi connectivity index (χ4v) is 3.43. The van der Waals surface area contributed by atoms with Gasteiger partial charge in [-0.25, -0.2) is 0 Å². The minimum absolute atomic E-state index is 0. The highest BCUT2D eigenvalue weighted by molar-refractivity contribution is 5.85. The molecular weight excluding hydrogens is 252 g/mol. The Bertz CT molecular complexity index is 295. The van der Waals surface area contributed by atoms with E-state index in [1.807, 2.05) is 0 Å². The quantitative estimate of drug-likeness (QED) is 0.773. The van der Waals surface area contributed by atoms with Crippen LogP contribution in [0.25, 0.3) is 0 Å². The number of rotatable bonds is 1. The Morgan fingerprint density at radius 3 is 2.83 bits per heavy atom. The van der Waals surface area contributed by atoms with Crippen molar-refractivity contribution in [1.29, 1.82) is 0 Å². The van der Waals surface area contributed by atoms with E-state index in [0.29, 0.717) is 18.4 Å². The third-order valence-corrected chi connectivity index (χ3v) is 4.53. The van der Waals surface area contributed by atoms with Crippen LogP contribution in [0.3, 0.4) is 0 Å². The number of fused-ring (bicyclic) bond motifs is 1. The van der Waals surface area contributed by atoms with Crippen molar-refractivity contribution in [2.75, 3.05) is 39.4 Å². The molecule has 0 aliphatic carbocycles. The van der Waals surface area contributed by atoms with Crippen molar-refractivity contribution in [3.63, 3.8) is 0 Å². The predicted molar refractivity (Wildman–Crippen MR) is 71.8 cm³/mol. The van der Waals surface area contributed by atoms with E-state index in [1.54, 1.807) is 0 Å². The van der Waals surface area contributed by atoms with Gasteiger partial charge in [0.15, 0.2) is 0 Å². The fraction of sp³-hybridized carbons (Fsp3) is 0.923. The van der Waals surface area contributed by atoms with Crippen LogP contribution in [0.15, 0.2) is 0 Å². The van der Waals surface area contributed by atoms with Crippen molar-refractivity contribution in [3.05, 3.63) is 0 Å². The molecule has 0 saturated carbocycles. The molecule has 0 radical (unpaired) electrons. The predicted octanol–water partition coefficient (Wildman–Crippen LogP) is 0.903. The molecule has 3 unspecified atom stereocenters. The molecule has 104 valence electrons. The average Bonchev–Trinajstić information content (AvgIpc) is 2.86. The Balaban J connectivity index is 0.00000120. The van der Waals surface area contributed by atoms with Gasteiger partial charge >= 0.3 is 0 Å². The SMILES string of the molecule is Cl.O=C(C1CCCOC1)N1CCC2CNCC2C1. The first-order valence-electron chi connectivity index (χ1n) is 6.92. The highest BCUT2D eigenvalue weighted by Crippen LogP contribution is 2.28. The van der Waals surface area contributed by atoms with Crippen LogP contribution in [0.5, 0.6) is 0 Å². The molecule has 0 aromatic heterocycles. The van der Waals surface area contributed by atoms with Crippen LogP contribution in [0.1, 0.15) is 19.3 Å². The molecule has 0 spiro atoms. The zero-order chi connectivity index (χ0) is 11.7. The summed E-state index contributed by atoms with van der Waals surface area (Å²) in [6.45, 7) is 5.64. The summed E-state index contributed by atoms with van der Waals surface area (Å²) in [7, 11) is 0. The Hall–Kier alpha value is -0.320. The van der Waals surface area contributed by atoms with E-state index < -0.39 is 0 Å². The molecule has 3 atom stereocenters. The second-order valence-corrected chi connectivity index (χ2v) is 5.67. The largest absolute Gasteiger partial charge is 0.381 e. The topological polar surface area (TPSA) is 41.6 Å². The fourth-order valence-electron chi connectivity index (χ4n) is 3.43. The Morgan fingerprint density at radius 1 is 1.22 bits per heavy atom. The van der Waals surface area contributed by atoms with Gasteiger partial charge in [-0.3, -0.25) is 4.79 Å². The summed E-state index contributed by atoms with van der Waals surface area (Å²) in [6.07, 6.45) is 3.23. The van der Waals surface area contributed by atoms with E-state index in [4.69, 9.17) is 4.74 Å². The first-order chi connectivity index (χ1) is 8.34. The number of halogens is 1. The van der Waals surface area contributed by atoms with E-state index in [2.05, 4.69) is 10.2 Å². The second kappa shape index (κ2) is 6.22. The molecule has 3 heterocycles. The van der Waals surface area contributed by atoms with Crippen LogP contribution in [-0.2, 0) is 9.53 Å². The maximum absolute atomic E-state index is 12.4. The van der Waals surface area contributed by atoms with Crippen molar-refractivity contribution in [1.82, 2.24) is 10.2 Å². The number of hydrogen-bond donors (Lipinski definition) is 1. The van der Waals surface area contributed by atoms with Gasteiger partial charge in [-0.1, -0.05) is 0 Å². The lowest BCUT2D eigenvalue weighted by Gasteiger charge is -2.37. The molecule has 3 saturated heterocycles. The van der Waals surface area contributed by atoms with Gasteiger partial charge in [0.2, 0.25) is 5.91 Å². The minimum atomic E-state index is 0. The maximum atomic E-state index is 12.4. The van der Waals surface area contributed by atoms with Crippen LogP contribution >= 0.6 is 12.4 Å². The van der Waals surface area contributed by atoms with Gasteiger partial charge in [0, 0.05) is 19.7 Å². The number of nitrogens with one attached hydrogen (secondary N) is 1. The van der Waals surface area contributed by atoms with Gasteiger partial charge in [-0.15, -0.1) is 12.4 Å². The van der Waals surface area contributed by atoms with Crippen molar-refractivity contribution < 1.29 is 9.53 Å². The summed E-state index contributed by atoms with van der Waals surface area (Å²) in [6, 6.07) is 0. The highest BCUT2D eigenvalue weighted by atomic mass is 35.5. The van der Waals surface area contributed by atoms with Gasteiger partial charge in [0.1, 0.15) is 0 Å². The number of ether oxygens (including phenoxy) is 1. The first kappa shape index (κ1) is 14.1. The van der Waals surface area contributed by atoms with Gasteiger partial charge in [-0.05, 0) is 44.2 Å². The van der Waals surface area contributed by atoms with Crippen LogP contribution in [-0.4, -0.2) is 50.2 Å². The molecule has 0 bridgehead atoms. The molecule has 4 nitrogen and oxygen atoms in total. The molecule has 3 rings (SSSR count). The van der Waals surface area contributed by atoms with Crippen LogP contribution < -0.4 is 5.32 Å². The monoisotopic (exact) mass is 274 g/mol. The smallest absolute Gasteiger partial charge is 0.228 e. The van der Waals surface area contributed by atoms with Gasteiger partial charge in [0.25, 0.3) is 0 Å². The second-order valence-electron chi connectivity index (χ2n) is 5.67. The minimum Gasteiger partial charge on any atom is -0.381 e. The Kier molecular flexibility index (Phi) is 4.87. The van der Waals surface area contributed by atoms with Crippen LogP contribution in [0.2, 0.25) is 0 Å². The number of amides is 1. The molecule has 3 fully saturated rings. The van der Waals surface area contributed by atoms with Crippen LogP contribution in [0.4, 0.5) is 0 Å². The van der Waals surface area contributed by atoms with E-state index in [1.165, 1.54) is 6.42 Å². The number of carbonyl (C=O) groups is 1. The van der Waals surface area contributed by atoms with Gasteiger partial charge in [0.05, 0.1) is 12.5 Å². The summed E-state index contributed by atoms with van der Waals surface area (Å²) in [5, 5.41) is 3.44. The summed E-state index contributed by atoms with van der Waals surface area (Å²) in [5.74, 6) is 1.98. The van der Waals surface area contributed by atoms with Crippen molar-refractivity contribution >= 4 is 18.3 Å². The van der Waals surface area contributed by atoms with E-state index in [0.717, 1.165) is 51.5 Å². The maximum Gasteiger partial charge on any atom is 0.228 e. The van der Waals surface area contributed by atoms with Crippen LogP contribution in [0, 0.1) is 17.8 Å². The van der Waals surface area contributed by atoms with Crippen molar-refractivity contribution in [3.8, 4) is 0 Å². The number of likely N-dealkylation sites (tertiary alicyclic amines) is 1.